The number of barbiturate groups is 1. The van der Waals surface area contributed by atoms with Gasteiger partial charge in [-0.15, -0.1) is 0 Å². The lowest BCUT2D eigenvalue weighted by molar-refractivity contribution is -0.157. The van der Waals surface area contributed by atoms with Gasteiger partial charge in [-0.05, 0) is 41.7 Å². The topological polar surface area (TPSA) is 66.5 Å². The highest BCUT2D eigenvalue weighted by Crippen LogP contribution is 2.44. The van der Waals surface area contributed by atoms with Crippen LogP contribution in [-0.2, 0) is 16.0 Å². The molecule has 2 heterocycles. The quantitative estimate of drug-likeness (QED) is 0.853. The molecule has 0 unspecified atom stereocenters. The average Bonchev–Trinajstić information content (AvgIpc) is 2.79. The number of nitrogens with zero attached hydrogens (tertiary/aromatic N) is 1. The van der Waals surface area contributed by atoms with E-state index >= 15 is 0 Å². The zero-order valence-corrected chi connectivity index (χ0v) is 11.2. The molecule has 1 aliphatic heterocycles. The Kier molecular flexibility index (Phi) is 2.89. The molecule has 1 N–H and O–H groups in total. The van der Waals surface area contributed by atoms with Gasteiger partial charge in [-0.3, -0.25) is 19.8 Å². The van der Waals surface area contributed by atoms with Crippen molar-refractivity contribution in [3.8, 4) is 0 Å². The molecule has 1 saturated carbocycles. The molecule has 0 atom stereocenters. The molecule has 100 valence electrons. The molecule has 1 spiro atoms. The fourth-order valence-corrected chi connectivity index (χ4v) is 3.29. The van der Waals surface area contributed by atoms with Crippen molar-refractivity contribution >= 4 is 29.2 Å². The summed E-state index contributed by atoms with van der Waals surface area (Å²) in [5, 5.41) is 6.27. The number of hydrogen-bond acceptors (Lipinski definition) is 4. The summed E-state index contributed by atoms with van der Waals surface area (Å²) in [6, 6.07) is 1.39. The SMILES string of the molecule is O=C1NC(=O)C2(CCC2)C(=O)N1CCc1ccsc1. The van der Waals surface area contributed by atoms with E-state index in [9.17, 15) is 14.4 Å². The van der Waals surface area contributed by atoms with Crippen LogP contribution in [0.4, 0.5) is 4.79 Å². The summed E-state index contributed by atoms with van der Waals surface area (Å²) >= 11 is 1.59. The maximum absolute atomic E-state index is 12.4. The van der Waals surface area contributed by atoms with Crippen LogP contribution < -0.4 is 5.32 Å². The van der Waals surface area contributed by atoms with Crippen LogP contribution in [0.2, 0.25) is 0 Å². The zero-order chi connectivity index (χ0) is 13.5. The van der Waals surface area contributed by atoms with E-state index in [2.05, 4.69) is 5.32 Å². The molecule has 4 amide bonds. The Hall–Kier alpha value is -1.69. The number of hydrogen-bond donors (Lipinski definition) is 1. The first-order valence-corrected chi connectivity index (χ1v) is 7.26. The van der Waals surface area contributed by atoms with Crippen LogP contribution in [-0.4, -0.2) is 29.3 Å². The van der Waals surface area contributed by atoms with Gasteiger partial charge in [-0.1, -0.05) is 6.42 Å². The molecule has 1 aromatic heterocycles. The molecule has 0 bridgehead atoms. The normalized spacial score (nSPS) is 21.5. The molecule has 5 nitrogen and oxygen atoms in total. The fraction of sp³-hybridized carbons (Fsp3) is 0.462. The molecule has 0 aromatic carbocycles. The van der Waals surface area contributed by atoms with Crippen molar-refractivity contribution in [2.45, 2.75) is 25.7 Å². The second-order valence-corrected chi connectivity index (χ2v) is 5.81. The van der Waals surface area contributed by atoms with E-state index in [1.54, 1.807) is 11.3 Å². The van der Waals surface area contributed by atoms with Crippen molar-refractivity contribution in [2.75, 3.05) is 6.54 Å². The summed E-state index contributed by atoms with van der Waals surface area (Å²) in [7, 11) is 0. The van der Waals surface area contributed by atoms with Crippen molar-refractivity contribution in [3.05, 3.63) is 22.4 Å². The maximum atomic E-state index is 12.4. The van der Waals surface area contributed by atoms with Crippen LogP contribution in [0.15, 0.2) is 16.8 Å². The van der Waals surface area contributed by atoms with Crippen LogP contribution >= 0.6 is 11.3 Å². The van der Waals surface area contributed by atoms with Crippen molar-refractivity contribution in [1.29, 1.82) is 0 Å². The van der Waals surface area contributed by atoms with Crippen molar-refractivity contribution in [3.63, 3.8) is 0 Å². The van der Waals surface area contributed by atoms with Crippen LogP contribution in [0.3, 0.4) is 0 Å². The predicted octanol–water partition coefficient (Wildman–Crippen LogP) is 1.54. The highest BCUT2D eigenvalue weighted by Gasteiger charge is 2.57. The van der Waals surface area contributed by atoms with Gasteiger partial charge in [0, 0.05) is 6.54 Å². The summed E-state index contributed by atoms with van der Waals surface area (Å²) in [4.78, 5) is 37.1. The van der Waals surface area contributed by atoms with E-state index in [1.165, 1.54) is 4.90 Å². The first-order chi connectivity index (χ1) is 9.13. The summed E-state index contributed by atoms with van der Waals surface area (Å²) in [5.41, 5.74) is 0.146. The highest BCUT2D eigenvalue weighted by molar-refractivity contribution is 7.07. The van der Waals surface area contributed by atoms with Gasteiger partial charge in [0.1, 0.15) is 5.41 Å². The largest absolute Gasteiger partial charge is 0.330 e. The average molecular weight is 278 g/mol. The standard InChI is InChI=1S/C13H14N2O3S/c16-10-13(4-1-5-13)11(17)15(12(18)14-10)6-2-9-3-7-19-8-9/h3,7-8H,1-2,4-6H2,(H,14,16,18). The molecule has 6 heteroatoms. The third kappa shape index (κ3) is 1.87. The van der Waals surface area contributed by atoms with Gasteiger partial charge >= 0.3 is 6.03 Å². The fourth-order valence-electron chi connectivity index (χ4n) is 2.58. The Labute approximate surface area is 114 Å². The maximum Gasteiger partial charge on any atom is 0.330 e. The molecule has 3 rings (SSSR count). The van der Waals surface area contributed by atoms with Gasteiger partial charge in [0.2, 0.25) is 11.8 Å². The first-order valence-electron chi connectivity index (χ1n) is 6.32. The lowest BCUT2D eigenvalue weighted by atomic mass is 9.66. The molecule has 19 heavy (non-hydrogen) atoms. The van der Waals surface area contributed by atoms with Crippen molar-refractivity contribution in [1.82, 2.24) is 10.2 Å². The van der Waals surface area contributed by atoms with Gasteiger partial charge in [-0.2, -0.15) is 11.3 Å². The molecule has 1 saturated heterocycles. The number of urea groups is 1. The minimum Gasteiger partial charge on any atom is -0.277 e. The number of nitrogens with one attached hydrogen (secondary N) is 1. The van der Waals surface area contributed by atoms with Crippen molar-refractivity contribution < 1.29 is 14.4 Å². The summed E-state index contributed by atoms with van der Waals surface area (Å²) in [6.45, 7) is 0.330. The number of rotatable bonds is 3. The van der Waals surface area contributed by atoms with Crippen LogP contribution in [0, 0.1) is 5.41 Å². The van der Waals surface area contributed by atoms with E-state index in [-0.39, 0.29) is 5.91 Å². The monoisotopic (exact) mass is 278 g/mol. The van der Waals surface area contributed by atoms with E-state index in [0.717, 1.165) is 12.0 Å². The smallest absolute Gasteiger partial charge is 0.277 e. The molecule has 2 aliphatic rings. The third-order valence-corrected chi connectivity index (χ3v) is 4.70. The summed E-state index contributed by atoms with van der Waals surface area (Å²) in [5.74, 6) is -0.733. The van der Waals surface area contributed by atoms with E-state index in [4.69, 9.17) is 0 Å². The lowest BCUT2D eigenvalue weighted by Gasteiger charge is -2.44. The van der Waals surface area contributed by atoms with E-state index in [0.29, 0.717) is 25.8 Å². The Morgan fingerprint density at radius 1 is 1.32 bits per heavy atom. The van der Waals surface area contributed by atoms with E-state index in [1.807, 2.05) is 16.8 Å². The predicted molar refractivity (Wildman–Crippen MR) is 69.6 cm³/mol. The summed E-state index contributed by atoms with van der Waals surface area (Å²) < 4.78 is 0. The first kappa shape index (κ1) is 12.3. The van der Waals surface area contributed by atoms with Gasteiger partial charge in [0.15, 0.2) is 0 Å². The Bertz CT molecular complexity index is 534. The Balaban J connectivity index is 1.74. The van der Waals surface area contributed by atoms with Gasteiger partial charge in [0.25, 0.3) is 0 Å². The van der Waals surface area contributed by atoms with E-state index < -0.39 is 17.4 Å². The van der Waals surface area contributed by atoms with Gasteiger partial charge < -0.3 is 0 Å². The lowest BCUT2D eigenvalue weighted by Crippen LogP contribution is -2.66. The van der Waals surface area contributed by atoms with Gasteiger partial charge in [0.05, 0.1) is 0 Å². The summed E-state index contributed by atoms with van der Waals surface area (Å²) in [6.07, 6.45) is 2.61. The minimum absolute atomic E-state index is 0.317. The highest BCUT2D eigenvalue weighted by atomic mass is 32.1. The molecule has 2 fully saturated rings. The van der Waals surface area contributed by atoms with Crippen molar-refractivity contribution in [2.24, 2.45) is 5.41 Å². The zero-order valence-electron chi connectivity index (χ0n) is 10.3. The molecule has 1 aliphatic carbocycles. The number of thiophene rings is 1. The second-order valence-electron chi connectivity index (χ2n) is 5.03. The third-order valence-electron chi connectivity index (χ3n) is 3.97. The number of carbonyl (C=O) groups is 3. The Morgan fingerprint density at radius 3 is 2.68 bits per heavy atom. The van der Waals surface area contributed by atoms with Crippen LogP contribution in [0.1, 0.15) is 24.8 Å². The second kappa shape index (κ2) is 4.45. The molecule has 1 aromatic rings. The molecular weight excluding hydrogens is 264 g/mol. The minimum atomic E-state index is -0.956. The molecule has 0 radical (unpaired) electrons. The Morgan fingerprint density at radius 2 is 2.11 bits per heavy atom. The molecular formula is C13H14N2O3S. The number of carbonyl (C=O) groups excluding carboxylic acids is 3. The van der Waals surface area contributed by atoms with Crippen LogP contribution in [0.5, 0.6) is 0 Å². The number of imide groups is 2. The number of amides is 4. The van der Waals surface area contributed by atoms with Crippen LogP contribution in [0.25, 0.3) is 0 Å². The van der Waals surface area contributed by atoms with Gasteiger partial charge in [-0.25, -0.2) is 4.79 Å².